The van der Waals surface area contributed by atoms with Crippen LogP contribution in [0, 0.1) is 6.92 Å². The molecule has 4 heteroatoms. The molecule has 0 bridgehead atoms. The Labute approximate surface area is 123 Å². The van der Waals surface area contributed by atoms with Crippen LogP contribution in [0.15, 0.2) is 36.5 Å². The molecule has 1 heterocycles. The van der Waals surface area contributed by atoms with Crippen LogP contribution in [0.4, 0.5) is 0 Å². The molecular formula is C16H17ClN2O. The fourth-order valence-electron chi connectivity index (χ4n) is 1.99. The average molecular weight is 289 g/mol. The molecule has 2 aromatic rings. The first kappa shape index (κ1) is 13.4. The summed E-state index contributed by atoms with van der Waals surface area (Å²) < 4.78 is 5.78. The van der Waals surface area contributed by atoms with Gasteiger partial charge in [-0.2, -0.15) is 0 Å². The van der Waals surface area contributed by atoms with Gasteiger partial charge in [0.25, 0.3) is 0 Å². The van der Waals surface area contributed by atoms with Crippen molar-refractivity contribution in [1.29, 1.82) is 0 Å². The van der Waals surface area contributed by atoms with Crippen LogP contribution in [0.3, 0.4) is 0 Å². The van der Waals surface area contributed by atoms with E-state index in [9.17, 15) is 0 Å². The Morgan fingerprint density at radius 2 is 2.20 bits per heavy atom. The summed E-state index contributed by atoms with van der Waals surface area (Å²) in [5.41, 5.74) is 2.18. The Hall–Kier alpha value is -1.58. The highest BCUT2D eigenvalue weighted by Crippen LogP contribution is 2.26. The van der Waals surface area contributed by atoms with E-state index in [0.717, 1.165) is 23.4 Å². The lowest BCUT2D eigenvalue weighted by molar-refractivity contribution is 0.461. The Morgan fingerprint density at radius 3 is 2.95 bits per heavy atom. The summed E-state index contributed by atoms with van der Waals surface area (Å²) in [6.45, 7) is 2.79. The summed E-state index contributed by atoms with van der Waals surface area (Å²) in [5, 5.41) is 4.12. The molecule has 1 saturated carbocycles. The predicted octanol–water partition coefficient (Wildman–Crippen LogP) is 4.09. The van der Waals surface area contributed by atoms with E-state index in [4.69, 9.17) is 16.3 Å². The average Bonchev–Trinajstić information content (AvgIpc) is 3.23. The van der Waals surface area contributed by atoms with Crippen LogP contribution in [-0.2, 0) is 6.54 Å². The van der Waals surface area contributed by atoms with Gasteiger partial charge < -0.3 is 10.1 Å². The molecule has 1 N–H and O–H groups in total. The summed E-state index contributed by atoms with van der Waals surface area (Å²) >= 11 is 6.17. The standard InChI is InChI=1S/C16H17ClN2O/c1-11-3-2-4-14(7-11)20-16-8-12(15(17)10-19-16)9-18-13-5-6-13/h2-4,7-8,10,13,18H,5-6,9H2,1H3. The van der Waals surface area contributed by atoms with E-state index in [1.54, 1.807) is 6.20 Å². The lowest BCUT2D eigenvalue weighted by Gasteiger charge is -2.09. The van der Waals surface area contributed by atoms with Crippen LogP contribution >= 0.6 is 11.6 Å². The third-order valence-corrected chi connectivity index (χ3v) is 3.62. The van der Waals surface area contributed by atoms with Gasteiger partial charge in [-0.1, -0.05) is 23.7 Å². The Bertz CT molecular complexity index is 611. The van der Waals surface area contributed by atoms with E-state index in [-0.39, 0.29) is 0 Å². The molecule has 3 nitrogen and oxygen atoms in total. The minimum atomic E-state index is 0.576. The van der Waals surface area contributed by atoms with Crippen molar-refractivity contribution in [3.63, 3.8) is 0 Å². The second-order valence-corrected chi connectivity index (χ2v) is 5.59. The largest absolute Gasteiger partial charge is 0.439 e. The number of rotatable bonds is 5. The first-order valence-electron chi connectivity index (χ1n) is 6.83. The molecule has 1 aliphatic rings. The molecule has 0 unspecified atom stereocenters. The van der Waals surface area contributed by atoms with Gasteiger partial charge in [-0.3, -0.25) is 0 Å². The van der Waals surface area contributed by atoms with Crippen molar-refractivity contribution in [1.82, 2.24) is 10.3 Å². The maximum absolute atomic E-state index is 6.17. The lowest BCUT2D eigenvalue weighted by atomic mass is 10.2. The van der Waals surface area contributed by atoms with Crippen LogP contribution < -0.4 is 10.1 Å². The van der Waals surface area contributed by atoms with Crippen molar-refractivity contribution >= 4 is 11.6 Å². The molecule has 0 radical (unpaired) electrons. The van der Waals surface area contributed by atoms with Gasteiger partial charge in [-0.15, -0.1) is 0 Å². The predicted molar refractivity (Wildman–Crippen MR) is 80.4 cm³/mol. The summed E-state index contributed by atoms with van der Waals surface area (Å²) in [5.74, 6) is 1.37. The normalized spacial score (nSPS) is 14.3. The number of ether oxygens (including phenoxy) is 1. The molecule has 0 spiro atoms. The molecule has 20 heavy (non-hydrogen) atoms. The van der Waals surface area contributed by atoms with Crippen LogP contribution in [0.25, 0.3) is 0 Å². The Kier molecular flexibility index (Phi) is 3.90. The fourth-order valence-corrected chi connectivity index (χ4v) is 2.16. The summed E-state index contributed by atoms with van der Waals surface area (Å²) in [7, 11) is 0. The van der Waals surface area contributed by atoms with Crippen molar-refractivity contribution in [2.24, 2.45) is 0 Å². The first-order chi connectivity index (χ1) is 9.70. The fraction of sp³-hybridized carbons (Fsp3) is 0.312. The highest BCUT2D eigenvalue weighted by Gasteiger charge is 2.20. The maximum Gasteiger partial charge on any atom is 0.219 e. The van der Waals surface area contributed by atoms with Crippen LogP contribution in [0.5, 0.6) is 11.6 Å². The molecule has 3 rings (SSSR count). The molecule has 0 aliphatic heterocycles. The minimum absolute atomic E-state index is 0.576. The van der Waals surface area contributed by atoms with Gasteiger partial charge in [0.15, 0.2) is 0 Å². The van der Waals surface area contributed by atoms with Crippen molar-refractivity contribution in [3.05, 3.63) is 52.7 Å². The van der Waals surface area contributed by atoms with Crippen LogP contribution in [0.1, 0.15) is 24.0 Å². The Balaban J connectivity index is 1.73. The number of hydrogen-bond donors (Lipinski definition) is 1. The molecule has 0 saturated heterocycles. The van der Waals surface area contributed by atoms with Crippen molar-refractivity contribution in [3.8, 4) is 11.6 Å². The monoisotopic (exact) mass is 288 g/mol. The van der Waals surface area contributed by atoms with Gasteiger partial charge in [0, 0.05) is 24.8 Å². The molecule has 0 amide bonds. The van der Waals surface area contributed by atoms with Crippen molar-refractivity contribution in [2.45, 2.75) is 32.4 Å². The number of aromatic nitrogens is 1. The zero-order chi connectivity index (χ0) is 13.9. The second kappa shape index (κ2) is 5.81. The molecule has 1 aromatic heterocycles. The van der Waals surface area contributed by atoms with Gasteiger partial charge in [0.1, 0.15) is 5.75 Å². The van der Waals surface area contributed by atoms with E-state index < -0.39 is 0 Å². The lowest BCUT2D eigenvalue weighted by Crippen LogP contribution is -2.15. The highest BCUT2D eigenvalue weighted by atomic mass is 35.5. The van der Waals surface area contributed by atoms with E-state index in [1.165, 1.54) is 12.8 Å². The summed E-state index contributed by atoms with van der Waals surface area (Å²) in [6.07, 6.45) is 4.17. The highest BCUT2D eigenvalue weighted by molar-refractivity contribution is 6.31. The maximum atomic E-state index is 6.17. The van der Waals surface area contributed by atoms with E-state index in [2.05, 4.69) is 10.3 Å². The number of aryl methyl sites for hydroxylation is 1. The number of nitrogens with one attached hydrogen (secondary N) is 1. The van der Waals surface area contributed by atoms with E-state index in [0.29, 0.717) is 16.9 Å². The summed E-state index contributed by atoms with van der Waals surface area (Å²) in [6, 6.07) is 10.5. The zero-order valence-electron chi connectivity index (χ0n) is 11.4. The van der Waals surface area contributed by atoms with Crippen molar-refractivity contribution in [2.75, 3.05) is 0 Å². The molecular weight excluding hydrogens is 272 g/mol. The molecule has 1 fully saturated rings. The smallest absolute Gasteiger partial charge is 0.219 e. The van der Waals surface area contributed by atoms with E-state index in [1.807, 2.05) is 37.3 Å². The molecule has 104 valence electrons. The topological polar surface area (TPSA) is 34.1 Å². The molecule has 1 aromatic carbocycles. The number of nitrogens with zero attached hydrogens (tertiary/aromatic N) is 1. The first-order valence-corrected chi connectivity index (χ1v) is 7.21. The number of pyridine rings is 1. The van der Waals surface area contributed by atoms with Gasteiger partial charge in [-0.25, -0.2) is 4.98 Å². The van der Waals surface area contributed by atoms with Crippen LogP contribution in [-0.4, -0.2) is 11.0 Å². The number of benzene rings is 1. The SMILES string of the molecule is Cc1cccc(Oc2cc(CNC3CC3)c(Cl)cn2)c1. The quantitative estimate of drug-likeness (QED) is 0.900. The minimum Gasteiger partial charge on any atom is -0.439 e. The third-order valence-electron chi connectivity index (χ3n) is 3.28. The number of hydrogen-bond acceptors (Lipinski definition) is 3. The van der Waals surface area contributed by atoms with E-state index >= 15 is 0 Å². The van der Waals surface area contributed by atoms with Crippen molar-refractivity contribution < 1.29 is 4.74 Å². The zero-order valence-corrected chi connectivity index (χ0v) is 12.2. The van der Waals surface area contributed by atoms with Gasteiger partial charge in [-0.05, 0) is 43.0 Å². The summed E-state index contributed by atoms with van der Waals surface area (Å²) in [4.78, 5) is 4.22. The number of halogens is 1. The second-order valence-electron chi connectivity index (χ2n) is 5.19. The van der Waals surface area contributed by atoms with Crippen LogP contribution in [0.2, 0.25) is 5.02 Å². The molecule has 0 atom stereocenters. The molecule has 1 aliphatic carbocycles. The van der Waals surface area contributed by atoms with Gasteiger partial charge in [0.05, 0.1) is 5.02 Å². The van der Waals surface area contributed by atoms with Gasteiger partial charge >= 0.3 is 0 Å². The van der Waals surface area contributed by atoms with Gasteiger partial charge in [0.2, 0.25) is 5.88 Å². The Morgan fingerprint density at radius 1 is 1.35 bits per heavy atom. The third kappa shape index (κ3) is 3.50.